The minimum absolute atomic E-state index is 0. The van der Waals surface area contributed by atoms with E-state index in [0.717, 1.165) is 23.0 Å². The van der Waals surface area contributed by atoms with Gasteiger partial charge in [0, 0.05) is 17.8 Å². The molecule has 0 fully saturated rings. The maximum absolute atomic E-state index is 13.1. The quantitative estimate of drug-likeness (QED) is 0.670. The number of halogens is 3. The minimum Gasteiger partial charge on any atom is -0.325 e. The number of anilines is 1. The number of aromatic nitrogens is 4. The summed E-state index contributed by atoms with van der Waals surface area (Å²) in [5, 5.41) is 7.16. The van der Waals surface area contributed by atoms with Gasteiger partial charge in [-0.1, -0.05) is 11.6 Å². The van der Waals surface area contributed by atoms with Crippen LogP contribution in [0.1, 0.15) is 29.2 Å². The lowest BCUT2D eigenvalue weighted by molar-refractivity contribution is -0.116. The molecule has 3 N–H and O–H groups in total. The first-order valence-corrected chi connectivity index (χ1v) is 8.43. The zero-order chi connectivity index (χ0) is 18.8. The first kappa shape index (κ1) is 21.0. The normalized spacial score (nSPS) is 10.7. The number of rotatable bonds is 5. The Morgan fingerprint density at radius 1 is 1.33 bits per heavy atom. The number of hydrogen-bond donors (Lipinski definition) is 2. The van der Waals surface area contributed by atoms with Crippen molar-refractivity contribution < 1.29 is 9.18 Å². The van der Waals surface area contributed by atoms with Crippen LogP contribution in [0.4, 0.5) is 10.1 Å². The highest BCUT2D eigenvalue weighted by Gasteiger charge is 2.15. The van der Waals surface area contributed by atoms with Crippen LogP contribution in [0.2, 0.25) is 5.02 Å². The molecule has 0 saturated heterocycles. The van der Waals surface area contributed by atoms with E-state index >= 15 is 0 Å². The van der Waals surface area contributed by atoms with E-state index in [4.69, 9.17) is 17.3 Å². The van der Waals surface area contributed by atoms with Gasteiger partial charge in [-0.05, 0) is 44.0 Å². The second kappa shape index (κ2) is 8.60. The van der Waals surface area contributed by atoms with Gasteiger partial charge in [-0.15, -0.1) is 17.5 Å². The molecule has 0 radical (unpaired) electrons. The van der Waals surface area contributed by atoms with E-state index in [1.165, 1.54) is 12.1 Å². The molecule has 0 aliphatic heterocycles. The van der Waals surface area contributed by atoms with Gasteiger partial charge < -0.3 is 11.1 Å². The van der Waals surface area contributed by atoms with Crippen LogP contribution in [-0.4, -0.2) is 25.5 Å². The van der Waals surface area contributed by atoms with E-state index < -0.39 is 5.82 Å². The van der Waals surface area contributed by atoms with E-state index in [9.17, 15) is 9.18 Å². The van der Waals surface area contributed by atoms with Crippen molar-refractivity contribution in [3.05, 3.63) is 51.8 Å². The van der Waals surface area contributed by atoms with Crippen LogP contribution in [0.15, 0.2) is 18.2 Å². The van der Waals surface area contributed by atoms with Gasteiger partial charge in [-0.25, -0.2) is 13.9 Å². The summed E-state index contributed by atoms with van der Waals surface area (Å²) in [6.07, 6.45) is 0.698. The molecule has 144 valence electrons. The second-order valence-corrected chi connectivity index (χ2v) is 6.28. The topological polar surface area (TPSA) is 98.2 Å². The Morgan fingerprint density at radius 3 is 2.74 bits per heavy atom. The van der Waals surface area contributed by atoms with Crippen LogP contribution < -0.4 is 11.1 Å². The summed E-state index contributed by atoms with van der Waals surface area (Å²) in [4.78, 5) is 20.9. The lowest BCUT2D eigenvalue weighted by atomic mass is 10.1. The molecule has 0 spiro atoms. The molecular weight excluding hydrogens is 394 g/mol. The first-order chi connectivity index (χ1) is 12.4. The Hall–Kier alpha value is -2.29. The average Bonchev–Trinajstić information content (AvgIpc) is 3.00. The lowest BCUT2D eigenvalue weighted by Gasteiger charge is -2.11. The largest absolute Gasteiger partial charge is 0.325 e. The highest BCUT2D eigenvalue weighted by molar-refractivity contribution is 6.33. The molecule has 0 aliphatic carbocycles. The molecule has 10 heteroatoms. The standard InChI is InChI=1S/C17H18ClFN6O.ClH/c1-9-12(10(2)25-17(21-9)23-15(8-20)24-25)4-6-16(26)22-14-5-3-11(19)7-13(14)18;/h3,5,7H,4,6,8,20H2,1-2H3,(H,22,26);1H. The number of hydrogen-bond acceptors (Lipinski definition) is 5. The van der Waals surface area contributed by atoms with Gasteiger partial charge in [-0.2, -0.15) is 4.98 Å². The number of nitrogens with one attached hydrogen (secondary N) is 1. The fourth-order valence-electron chi connectivity index (χ4n) is 2.74. The van der Waals surface area contributed by atoms with Crippen molar-refractivity contribution in [1.82, 2.24) is 19.6 Å². The van der Waals surface area contributed by atoms with Crippen LogP contribution in [-0.2, 0) is 17.8 Å². The van der Waals surface area contributed by atoms with Gasteiger partial charge in [0.15, 0.2) is 5.82 Å². The number of aryl methyl sites for hydroxylation is 2. The summed E-state index contributed by atoms with van der Waals surface area (Å²) in [6.45, 7) is 4.01. The van der Waals surface area contributed by atoms with Gasteiger partial charge in [0.25, 0.3) is 5.78 Å². The third kappa shape index (κ3) is 4.52. The number of carbonyl (C=O) groups is 1. The third-order valence-electron chi connectivity index (χ3n) is 4.08. The van der Waals surface area contributed by atoms with Gasteiger partial charge in [0.05, 0.1) is 17.3 Å². The summed E-state index contributed by atoms with van der Waals surface area (Å²) >= 11 is 5.93. The second-order valence-electron chi connectivity index (χ2n) is 5.88. The van der Waals surface area contributed by atoms with E-state index in [2.05, 4.69) is 20.4 Å². The van der Waals surface area contributed by atoms with Gasteiger partial charge in [0.1, 0.15) is 5.82 Å². The number of nitrogens with zero attached hydrogens (tertiary/aromatic N) is 4. The molecular formula is C17H19Cl2FN6O. The summed E-state index contributed by atoms with van der Waals surface area (Å²) < 4.78 is 14.7. The molecule has 27 heavy (non-hydrogen) atoms. The summed E-state index contributed by atoms with van der Waals surface area (Å²) in [5.41, 5.74) is 8.54. The van der Waals surface area contributed by atoms with Crippen molar-refractivity contribution >= 4 is 41.4 Å². The highest BCUT2D eigenvalue weighted by Crippen LogP contribution is 2.23. The van der Waals surface area contributed by atoms with Crippen LogP contribution >= 0.6 is 24.0 Å². The molecule has 3 rings (SSSR count). The molecule has 3 aromatic rings. The molecule has 2 heterocycles. The van der Waals surface area contributed by atoms with Crippen molar-refractivity contribution in [2.24, 2.45) is 5.73 Å². The van der Waals surface area contributed by atoms with Gasteiger partial charge in [0.2, 0.25) is 5.91 Å². The Labute approximate surface area is 166 Å². The van der Waals surface area contributed by atoms with Gasteiger partial charge in [-0.3, -0.25) is 4.79 Å². The number of carbonyl (C=O) groups excluding carboxylic acids is 1. The molecule has 0 atom stereocenters. The monoisotopic (exact) mass is 412 g/mol. The van der Waals surface area contributed by atoms with Crippen molar-refractivity contribution in [3.63, 3.8) is 0 Å². The Bertz CT molecular complexity index is 991. The van der Waals surface area contributed by atoms with Crippen LogP contribution in [0.3, 0.4) is 0 Å². The first-order valence-electron chi connectivity index (χ1n) is 8.05. The average molecular weight is 413 g/mol. The Kier molecular flexibility index (Phi) is 6.69. The fourth-order valence-corrected chi connectivity index (χ4v) is 2.95. The number of benzene rings is 1. The molecule has 0 unspecified atom stereocenters. The zero-order valence-electron chi connectivity index (χ0n) is 14.8. The maximum atomic E-state index is 13.1. The molecule has 0 aliphatic rings. The summed E-state index contributed by atoms with van der Waals surface area (Å²) in [7, 11) is 0. The van der Waals surface area contributed by atoms with E-state index in [1.807, 2.05) is 13.8 Å². The Morgan fingerprint density at radius 2 is 2.07 bits per heavy atom. The number of nitrogens with two attached hydrogens (primary N) is 1. The molecule has 1 amide bonds. The predicted molar refractivity (Wildman–Crippen MR) is 104 cm³/mol. The molecule has 2 aromatic heterocycles. The van der Waals surface area contributed by atoms with Crippen LogP contribution in [0.25, 0.3) is 5.78 Å². The van der Waals surface area contributed by atoms with Gasteiger partial charge >= 0.3 is 0 Å². The van der Waals surface area contributed by atoms with E-state index in [0.29, 0.717) is 23.7 Å². The number of fused-ring (bicyclic) bond motifs is 1. The minimum atomic E-state index is -0.455. The third-order valence-corrected chi connectivity index (χ3v) is 4.40. The summed E-state index contributed by atoms with van der Waals surface area (Å²) in [6, 6.07) is 3.83. The van der Waals surface area contributed by atoms with E-state index in [-0.39, 0.29) is 36.3 Å². The lowest BCUT2D eigenvalue weighted by Crippen LogP contribution is -2.14. The maximum Gasteiger partial charge on any atom is 0.252 e. The smallest absolute Gasteiger partial charge is 0.252 e. The SMILES string of the molecule is Cc1nc2nc(CN)nn2c(C)c1CCC(=O)Nc1ccc(F)cc1Cl.Cl. The van der Waals surface area contributed by atoms with Crippen molar-refractivity contribution in [3.8, 4) is 0 Å². The van der Waals surface area contributed by atoms with E-state index in [1.54, 1.807) is 4.52 Å². The zero-order valence-corrected chi connectivity index (χ0v) is 16.4. The molecule has 1 aromatic carbocycles. The molecule has 7 nitrogen and oxygen atoms in total. The van der Waals surface area contributed by atoms with Crippen LogP contribution in [0.5, 0.6) is 0 Å². The predicted octanol–water partition coefficient (Wildman–Crippen LogP) is 2.99. The summed E-state index contributed by atoms with van der Waals surface area (Å²) in [5.74, 6) is 0.328. The van der Waals surface area contributed by atoms with Crippen molar-refractivity contribution in [1.29, 1.82) is 0 Å². The van der Waals surface area contributed by atoms with Crippen molar-refractivity contribution in [2.75, 3.05) is 5.32 Å². The van der Waals surface area contributed by atoms with Crippen LogP contribution in [0, 0.1) is 19.7 Å². The molecule has 0 saturated carbocycles. The molecule has 0 bridgehead atoms. The fraction of sp³-hybridized carbons (Fsp3) is 0.294. The Balaban J connectivity index is 0.00000261. The number of amides is 1. The van der Waals surface area contributed by atoms with Crippen molar-refractivity contribution in [2.45, 2.75) is 33.2 Å². The highest BCUT2D eigenvalue weighted by atomic mass is 35.5.